The molecule has 0 unspecified atom stereocenters. The molecule has 2 aromatic carbocycles. The maximum atomic E-state index is 10.8. The molecule has 1 aliphatic rings. The second-order valence-corrected chi connectivity index (χ2v) is 7.28. The van der Waals surface area contributed by atoms with E-state index in [1.165, 1.54) is 37.9 Å². The van der Waals surface area contributed by atoms with Gasteiger partial charge >= 0.3 is 0 Å². The zero-order chi connectivity index (χ0) is 18.5. The Morgan fingerprint density at radius 3 is 2.30 bits per heavy atom. The minimum absolute atomic E-state index is 0.572. The van der Waals surface area contributed by atoms with E-state index < -0.39 is 6.10 Å². The zero-order valence-corrected chi connectivity index (χ0v) is 15.5. The molecule has 5 nitrogen and oxygen atoms in total. The van der Waals surface area contributed by atoms with Crippen LogP contribution < -0.4 is 0 Å². The first kappa shape index (κ1) is 17.9. The number of aliphatic hydroxyl groups excluding tert-OH is 1. The molecule has 1 atom stereocenters. The highest BCUT2D eigenvalue weighted by atomic mass is 16.3. The van der Waals surface area contributed by atoms with Crippen molar-refractivity contribution >= 4 is 0 Å². The van der Waals surface area contributed by atoms with Crippen molar-refractivity contribution in [3.8, 4) is 0 Å². The van der Waals surface area contributed by atoms with E-state index in [4.69, 9.17) is 0 Å². The van der Waals surface area contributed by atoms with E-state index in [1.807, 2.05) is 34.9 Å². The smallest absolute Gasteiger partial charge is 0.166 e. The van der Waals surface area contributed by atoms with Gasteiger partial charge < -0.3 is 9.67 Å². The van der Waals surface area contributed by atoms with Crippen LogP contribution in [0.3, 0.4) is 0 Å². The standard InChI is InChI=1S/C22H26N4O/c27-21(22-24-23-17-26(22)16-18-7-3-1-4-8-18)20-11-9-19(10-12-20)15-25-13-5-2-6-14-25/h1,3-4,7-12,17,21,27H,2,5-6,13-16H2/t21-/m0/s1. The van der Waals surface area contributed by atoms with Crippen molar-refractivity contribution in [1.29, 1.82) is 0 Å². The second kappa shape index (κ2) is 8.46. The molecule has 1 N–H and O–H groups in total. The van der Waals surface area contributed by atoms with Gasteiger partial charge in [0.15, 0.2) is 5.82 Å². The summed E-state index contributed by atoms with van der Waals surface area (Å²) in [5.41, 5.74) is 3.29. The molecule has 1 aliphatic heterocycles. The van der Waals surface area contributed by atoms with Crippen molar-refractivity contribution in [2.24, 2.45) is 0 Å². The summed E-state index contributed by atoms with van der Waals surface area (Å²) in [6.07, 6.45) is 4.85. The van der Waals surface area contributed by atoms with Crippen molar-refractivity contribution in [1.82, 2.24) is 19.7 Å². The van der Waals surface area contributed by atoms with Crippen molar-refractivity contribution in [3.05, 3.63) is 83.4 Å². The van der Waals surface area contributed by atoms with Crippen LogP contribution in [0, 0.1) is 0 Å². The molecule has 0 spiro atoms. The second-order valence-electron chi connectivity index (χ2n) is 7.28. The Labute approximate surface area is 160 Å². The van der Waals surface area contributed by atoms with Crippen LogP contribution in [0.1, 0.15) is 47.9 Å². The molecule has 27 heavy (non-hydrogen) atoms. The van der Waals surface area contributed by atoms with Crippen LogP contribution in [-0.2, 0) is 13.1 Å². The van der Waals surface area contributed by atoms with Crippen LogP contribution in [0.25, 0.3) is 0 Å². The van der Waals surface area contributed by atoms with E-state index in [-0.39, 0.29) is 0 Å². The van der Waals surface area contributed by atoms with Crippen molar-refractivity contribution < 1.29 is 5.11 Å². The van der Waals surface area contributed by atoms with Gasteiger partial charge in [-0.25, -0.2) is 0 Å². The monoisotopic (exact) mass is 362 g/mol. The van der Waals surface area contributed by atoms with Gasteiger partial charge in [0.1, 0.15) is 12.4 Å². The van der Waals surface area contributed by atoms with Crippen LogP contribution in [0.4, 0.5) is 0 Å². The molecule has 5 heteroatoms. The number of nitrogens with zero attached hydrogens (tertiary/aromatic N) is 4. The van der Waals surface area contributed by atoms with Crippen molar-refractivity contribution in [2.75, 3.05) is 13.1 Å². The molecule has 140 valence electrons. The van der Waals surface area contributed by atoms with E-state index in [1.54, 1.807) is 6.33 Å². The summed E-state index contributed by atoms with van der Waals surface area (Å²) >= 11 is 0. The highest BCUT2D eigenvalue weighted by molar-refractivity contribution is 5.27. The van der Waals surface area contributed by atoms with E-state index in [2.05, 4.69) is 39.4 Å². The third kappa shape index (κ3) is 4.43. The highest BCUT2D eigenvalue weighted by Gasteiger charge is 2.18. The Balaban J connectivity index is 1.45. The SMILES string of the molecule is O[C@@H](c1ccc(CN2CCCCC2)cc1)c1nncn1Cc1ccccc1. The number of likely N-dealkylation sites (tertiary alicyclic amines) is 1. The van der Waals surface area contributed by atoms with Gasteiger partial charge in [0.05, 0.1) is 6.54 Å². The van der Waals surface area contributed by atoms with E-state index >= 15 is 0 Å². The summed E-state index contributed by atoms with van der Waals surface area (Å²) in [5, 5.41) is 19.0. The minimum Gasteiger partial charge on any atom is -0.380 e. The number of aliphatic hydroxyl groups is 1. The molecular formula is C22H26N4O. The molecule has 2 heterocycles. The Bertz CT molecular complexity index is 838. The minimum atomic E-state index is -0.778. The summed E-state index contributed by atoms with van der Waals surface area (Å²) in [4.78, 5) is 2.51. The molecule has 1 aromatic heterocycles. The molecular weight excluding hydrogens is 336 g/mol. The lowest BCUT2D eigenvalue weighted by atomic mass is 10.0. The lowest BCUT2D eigenvalue weighted by Gasteiger charge is -2.26. The molecule has 0 radical (unpaired) electrons. The van der Waals surface area contributed by atoms with Gasteiger partial charge in [-0.2, -0.15) is 0 Å². The van der Waals surface area contributed by atoms with Crippen LogP contribution in [0.5, 0.6) is 0 Å². The fraction of sp³-hybridized carbons (Fsp3) is 0.364. The normalized spacial score (nSPS) is 16.3. The number of aromatic nitrogens is 3. The van der Waals surface area contributed by atoms with Gasteiger partial charge in [-0.05, 0) is 42.6 Å². The van der Waals surface area contributed by atoms with Gasteiger partial charge in [-0.1, -0.05) is 61.0 Å². The number of hydrogen-bond donors (Lipinski definition) is 1. The van der Waals surface area contributed by atoms with Gasteiger partial charge in [0.2, 0.25) is 0 Å². The molecule has 1 fully saturated rings. The van der Waals surface area contributed by atoms with Crippen LogP contribution >= 0.6 is 0 Å². The molecule has 0 saturated carbocycles. The highest BCUT2D eigenvalue weighted by Crippen LogP contribution is 2.22. The summed E-state index contributed by atoms with van der Waals surface area (Å²) in [5.74, 6) is 0.572. The first-order valence-corrected chi connectivity index (χ1v) is 9.70. The Hall–Kier alpha value is -2.50. The summed E-state index contributed by atoms with van der Waals surface area (Å²) < 4.78 is 1.90. The van der Waals surface area contributed by atoms with Gasteiger partial charge in [0.25, 0.3) is 0 Å². The summed E-state index contributed by atoms with van der Waals surface area (Å²) in [6.45, 7) is 4.01. The van der Waals surface area contributed by atoms with Crippen LogP contribution in [-0.4, -0.2) is 37.9 Å². The average Bonchev–Trinajstić information content (AvgIpc) is 3.18. The third-order valence-electron chi connectivity index (χ3n) is 5.24. The van der Waals surface area contributed by atoms with Gasteiger partial charge in [0, 0.05) is 6.54 Å². The predicted molar refractivity (Wildman–Crippen MR) is 105 cm³/mol. The van der Waals surface area contributed by atoms with E-state index in [0.717, 1.165) is 17.7 Å². The number of rotatable bonds is 6. The first-order chi connectivity index (χ1) is 13.3. The molecule has 4 rings (SSSR count). The van der Waals surface area contributed by atoms with Crippen molar-refractivity contribution in [3.63, 3.8) is 0 Å². The lowest BCUT2D eigenvalue weighted by Crippen LogP contribution is -2.29. The summed E-state index contributed by atoms with van der Waals surface area (Å²) in [6, 6.07) is 18.4. The number of benzene rings is 2. The van der Waals surface area contributed by atoms with E-state index in [9.17, 15) is 5.11 Å². The summed E-state index contributed by atoms with van der Waals surface area (Å²) in [7, 11) is 0. The van der Waals surface area contributed by atoms with Crippen LogP contribution in [0.15, 0.2) is 60.9 Å². The number of hydrogen-bond acceptors (Lipinski definition) is 4. The fourth-order valence-electron chi connectivity index (χ4n) is 3.71. The maximum Gasteiger partial charge on any atom is 0.166 e. The van der Waals surface area contributed by atoms with Crippen molar-refractivity contribution in [2.45, 2.75) is 38.5 Å². The molecule has 0 aliphatic carbocycles. The molecule has 3 aromatic rings. The average molecular weight is 362 g/mol. The largest absolute Gasteiger partial charge is 0.380 e. The maximum absolute atomic E-state index is 10.8. The Kier molecular flexibility index (Phi) is 5.61. The fourth-order valence-corrected chi connectivity index (χ4v) is 3.71. The third-order valence-corrected chi connectivity index (χ3v) is 5.24. The Morgan fingerprint density at radius 2 is 1.56 bits per heavy atom. The molecule has 0 amide bonds. The topological polar surface area (TPSA) is 54.2 Å². The predicted octanol–water partition coefficient (Wildman–Crippen LogP) is 3.39. The quantitative estimate of drug-likeness (QED) is 0.730. The van der Waals surface area contributed by atoms with Crippen LogP contribution in [0.2, 0.25) is 0 Å². The van der Waals surface area contributed by atoms with Gasteiger partial charge in [-0.15, -0.1) is 10.2 Å². The lowest BCUT2D eigenvalue weighted by molar-refractivity contribution is 0.204. The zero-order valence-electron chi connectivity index (χ0n) is 15.5. The Morgan fingerprint density at radius 1 is 0.852 bits per heavy atom. The number of piperidine rings is 1. The van der Waals surface area contributed by atoms with Gasteiger partial charge in [-0.3, -0.25) is 4.90 Å². The van der Waals surface area contributed by atoms with E-state index in [0.29, 0.717) is 12.4 Å². The molecule has 1 saturated heterocycles. The first-order valence-electron chi connectivity index (χ1n) is 9.70. The molecule has 0 bridgehead atoms.